The summed E-state index contributed by atoms with van der Waals surface area (Å²) in [6.45, 7) is 15.2. The fourth-order valence-corrected chi connectivity index (χ4v) is 4.26. The highest BCUT2D eigenvalue weighted by Gasteiger charge is 2.44. The van der Waals surface area contributed by atoms with Gasteiger partial charge in [-0.2, -0.15) is 0 Å². The third-order valence-electron chi connectivity index (χ3n) is 5.50. The van der Waals surface area contributed by atoms with Gasteiger partial charge in [-0.25, -0.2) is 4.79 Å². The van der Waals surface area contributed by atoms with Gasteiger partial charge in [0.2, 0.25) is 0 Å². The monoisotopic (exact) mass is 475 g/mol. The zero-order valence-corrected chi connectivity index (χ0v) is 21.0. The second-order valence-corrected chi connectivity index (χ2v) is 15.3. The van der Waals surface area contributed by atoms with Gasteiger partial charge in [0.15, 0.2) is 19.8 Å². The number of alkyl halides is 2. The summed E-state index contributed by atoms with van der Waals surface area (Å²) in [4.78, 5) is 12.5. The van der Waals surface area contributed by atoms with Crippen molar-refractivity contribution < 1.29 is 37.3 Å². The summed E-state index contributed by atoms with van der Waals surface area (Å²) in [5.74, 6) is -0.152. The molecule has 1 heterocycles. The van der Waals surface area contributed by atoms with Gasteiger partial charge in [-0.1, -0.05) is 26.8 Å². The van der Waals surface area contributed by atoms with Crippen LogP contribution in [-0.4, -0.2) is 50.2 Å². The Morgan fingerprint density at radius 1 is 1.16 bits per heavy atom. The summed E-state index contributed by atoms with van der Waals surface area (Å²) in [5, 5.41) is 12.8. The molecule has 0 saturated carbocycles. The minimum atomic E-state index is -3.71. The lowest BCUT2D eigenvalue weighted by atomic mass is 10.0. The van der Waals surface area contributed by atoms with Crippen LogP contribution >= 0.6 is 0 Å². The van der Waals surface area contributed by atoms with Crippen molar-refractivity contribution in [3.05, 3.63) is 23.8 Å². The molecule has 7 nitrogen and oxygen atoms in total. The number of fused-ring (bicyclic) bond motifs is 1. The van der Waals surface area contributed by atoms with Crippen LogP contribution in [0.3, 0.4) is 0 Å². The lowest BCUT2D eigenvalue weighted by molar-refractivity contribution is -0.286. The number of carbonyl (C=O) groups excluding carboxylic acids is 1. The van der Waals surface area contributed by atoms with Crippen LogP contribution in [0.4, 0.5) is 13.6 Å². The van der Waals surface area contributed by atoms with Gasteiger partial charge in [0.05, 0.1) is 18.8 Å². The van der Waals surface area contributed by atoms with Crippen LogP contribution in [-0.2, 0) is 15.6 Å². The molecule has 0 spiro atoms. The van der Waals surface area contributed by atoms with Crippen molar-refractivity contribution in [1.29, 1.82) is 0 Å². The maximum atomic E-state index is 13.4. The summed E-state index contributed by atoms with van der Waals surface area (Å²) in [6.07, 6.45) is -4.91. The van der Waals surface area contributed by atoms with Gasteiger partial charge >= 0.3 is 12.4 Å². The number of aliphatic hydroxyl groups excluding tert-OH is 1. The smallest absolute Gasteiger partial charge is 0.444 e. The molecule has 0 bridgehead atoms. The standard InChI is InChI=1S/C22H35F2NO6Si/c1-20(2,3)30-19(27)25-15(18(13-26)31-32(7,8)21(4,5)6)11-14-9-10-16-17(12-14)29-22(23,24)28-16/h9-10,12,15,18,26H,11,13H2,1-8H3,(H,25,27)/t15?,18-/m1/s1. The number of hydrogen-bond acceptors (Lipinski definition) is 6. The zero-order chi connectivity index (χ0) is 24.5. The van der Waals surface area contributed by atoms with E-state index in [1.165, 1.54) is 12.1 Å². The largest absolute Gasteiger partial charge is 0.586 e. The Kier molecular flexibility index (Phi) is 7.53. The predicted molar refractivity (Wildman–Crippen MR) is 119 cm³/mol. The number of carbonyl (C=O) groups is 1. The molecule has 0 radical (unpaired) electrons. The molecule has 2 atom stereocenters. The third-order valence-corrected chi connectivity index (χ3v) is 10.0. The van der Waals surface area contributed by atoms with Gasteiger partial charge in [0.1, 0.15) is 5.60 Å². The van der Waals surface area contributed by atoms with E-state index in [-0.39, 0.29) is 29.6 Å². The Morgan fingerprint density at radius 3 is 2.28 bits per heavy atom. The molecule has 1 aliphatic heterocycles. The van der Waals surface area contributed by atoms with E-state index in [9.17, 15) is 18.7 Å². The Hall–Kier alpha value is -1.91. The fourth-order valence-electron chi connectivity index (χ4n) is 2.91. The minimum absolute atomic E-state index is 0.0633. The molecule has 0 fully saturated rings. The van der Waals surface area contributed by atoms with E-state index in [0.29, 0.717) is 5.56 Å². The maximum Gasteiger partial charge on any atom is 0.586 e. The quantitative estimate of drug-likeness (QED) is 0.550. The number of nitrogens with one attached hydrogen (secondary N) is 1. The fraction of sp³-hybridized carbons (Fsp3) is 0.682. The highest BCUT2D eigenvalue weighted by molar-refractivity contribution is 6.74. The first kappa shape index (κ1) is 26.3. The van der Waals surface area contributed by atoms with Crippen molar-refractivity contribution in [2.45, 2.75) is 90.1 Å². The van der Waals surface area contributed by atoms with E-state index in [0.717, 1.165) is 0 Å². The van der Waals surface area contributed by atoms with Gasteiger partial charge in [-0.15, -0.1) is 8.78 Å². The van der Waals surface area contributed by atoms with E-state index >= 15 is 0 Å². The van der Waals surface area contributed by atoms with E-state index in [4.69, 9.17) is 9.16 Å². The lowest BCUT2D eigenvalue weighted by Gasteiger charge is -2.41. The number of halogens is 2. The summed E-state index contributed by atoms with van der Waals surface area (Å²) in [6, 6.07) is 3.75. The number of ether oxygens (including phenoxy) is 3. The average Bonchev–Trinajstić information content (AvgIpc) is 2.89. The summed E-state index contributed by atoms with van der Waals surface area (Å²) < 4.78 is 47.5. The van der Waals surface area contributed by atoms with Crippen molar-refractivity contribution in [1.82, 2.24) is 5.32 Å². The number of alkyl carbamates (subject to hydrolysis) is 1. The van der Waals surface area contributed by atoms with Gasteiger partial charge in [0.25, 0.3) is 0 Å². The van der Waals surface area contributed by atoms with Gasteiger partial charge < -0.3 is 29.1 Å². The Bertz CT molecular complexity index is 820. The van der Waals surface area contributed by atoms with Crippen LogP contribution < -0.4 is 14.8 Å². The highest BCUT2D eigenvalue weighted by Crippen LogP contribution is 2.42. The molecule has 1 aromatic rings. The predicted octanol–water partition coefficient (Wildman–Crippen LogP) is 4.83. The highest BCUT2D eigenvalue weighted by atomic mass is 28.4. The first-order valence-electron chi connectivity index (χ1n) is 10.6. The molecule has 2 N–H and O–H groups in total. The van der Waals surface area contributed by atoms with Crippen molar-refractivity contribution in [3.8, 4) is 11.5 Å². The van der Waals surface area contributed by atoms with Crippen LogP contribution in [0, 0.1) is 0 Å². The second kappa shape index (κ2) is 9.15. The molecule has 32 heavy (non-hydrogen) atoms. The molecular weight excluding hydrogens is 440 g/mol. The topological polar surface area (TPSA) is 86.3 Å². The van der Waals surface area contributed by atoms with Gasteiger partial charge in [-0.05, 0) is 63.0 Å². The summed E-state index contributed by atoms with van der Waals surface area (Å²) in [7, 11) is -2.30. The number of hydrogen-bond donors (Lipinski definition) is 2. The van der Waals surface area contributed by atoms with Crippen molar-refractivity contribution in [2.75, 3.05) is 6.61 Å². The van der Waals surface area contributed by atoms with Crippen molar-refractivity contribution >= 4 is 14.4 Å². The zero-order valence-electron chi connectivity index (χ0n) is 20.0. The minimum Gasteiger partial charge on any atom is -0.444 e. The van der Waals surface area contributed by atoms with Crippen molar-refractivity contribution in [3.63, 3.8) is 0 Å². The average molecular weight is 476 g/mol. The van der Waals surface area contributed by atoms with E-state index in [1.807, 2.05) is 13.1 Å². The molecule has 2 rings (SSSR count). The van der Waals surface area contributed by atoms with E-state index in [1.54, 1.807) is 26.8 Å². The molecule has 1 unspecified atom stereocenters. The lowest BCUT2D eigenvalue weighted by Crippen LogP contribution is -2.54. The van der Waals surface area contributed by atoms with Gasteiger partial charge in [-0.3, -0.25) is 0 Å². The van der Waals surface area contributed by atoms with Crippen LogP contribution in [0.2, 0.25) is 18.1 Å². The molecule has 0 aromatic heterocycles. The van der Waals surface area contributed by atoms with Crippen LogP contribution in [0.5, 0.6) is 11.5 Å². The molecule has 0 aliphatic carbocycles. The molecule has 182 valence electrons. The molecule has 1 aliphatic rings. The number of rotatable bonds is 7. The second-order valence-electron chi connectivity index (χ2n) is 10.5. The molecule has 1 aromatic carbocycles. The number of amides is 1. The first-order valence-corrected chi connectivity index (χ1v) is 13.5. The van der Waals surface area contributed by atoms with Crippen LogP contribution in [0.1, 0.15) is 47.1 Å². The number of benzene rings is 1. The van der Waals surface area contributed by atoms with E-state index in [2.05, 4.69) is 35.6 Å². The Morgan fingerprint density at radius 2 is 1.75 bits per heavy atom. The Labute approximate surface area is 189 Å². The molecule has 1 amide bonds. The molecular formula is C22H35F2NO6Si. The maximum absolute atomic E-state index is 13.4. The SMILES string of the molecule is CC(C)(C)OC(=O)NC(Cc1ccc2c(c1)OC(F)(F)O2)[C@@H](CO)O[Si](C)(C)C(C)(C)C. The Balaban J connectivity index is 2.29. The first-order chi connectivity index (χ1) is 14.4. The number of aliphatic hydroxyl groups is 1. The van der Waals surface area contributed by atoms with Crippen LogP contribution in [0.25, 0.3) is 0 Å². The summed E-state index contributed by atoms with van der Waals surface area (Å²) >= 11 is 0. The molecule has 10 heteroatoms. The summed E-state index contributed by atoms with van der Waals surface area (Å²) in [5.41, 5.74) is -0.114. The van der Waals surface area contributed by atoms with E-state index < -0.39 is 38.5 Å². The third kappa shape index (κ3) is 7.04. The molecule has 0 saturated heterocycles. The normalized spacial score (nSPS) is 17.6. The van der Waals surface area contributed by atoms with Crippen LogP contribution in [0.15, 0.2) is 18.2 Å². The van der Waals surface area contributed by atoms with Gasteiger partial charge in [0, 0.05) is 0 Å². The van der Waals surface area contributed by atoms with Crippen molar-refractivity contribution in [2.24, 2.45) is 0 Å².